The first-order valence-electron chi connectivity index (χ1n) is 11.0. The van der Waals surface area contributed by atoms with Crippen molar-refractivity contribution in [1.82, 2.24) is 0 Å². The van der Waals surface area contributed by atoms with Gasteiger partial charge in [0.15, 0.2) is 0 Å². The van der Waals surface area contributed by atoms with Crippen molar-refractivity contribution in [3.63, 3.8) is 0 Å². The van der Waals surface area contributed by atoms with Crippen LogP contribution in [0.1, 0.15) is 41.3 Å². The molecule has 2 aliphatic rings. The SMILES string of the molecule is Cc1ccc2c(c1)S/C(=C\C1=CC(=C/c3sc4cc(C)ccc4c3C)/CC(C)C1)N2C. The molecule has 3 aromatic rings. The molecule has 0 saturated heterocycles. The van der Waals surface area contributed by atoms with Crippen LogP contribution in [0.25, 0.3) is 16.2 Å². The van der Waals surface area contributed by atoms with Gasteiger partial charge >= 0.3 is 0 Å². The van der Waals surface area contributed by atoms with Gasteiger partial charge in [-0.1, -0.05) is 43.0 Å². The molecule has 0 radical (unpaired) electrons. The lowest BCUT2D eigenvalue weighted by Crippen LogP contribution is -2.11. The van der Waals surface area contributed by atoms with Gasteiger partial charge in [-0.15, -0.1) is 11.3 Å². The molecule has 31 heavy (non-hydrogen) atoms. The molecule has 2 aromatic carbocycles. The van der Waals surface area contributed by atoms with Crippen LogP contribution >= 0.6 is 23.1 Å². The fraction of sp³-hybridized carbons (Fsp3) is 0.286. The maximum atomic E-state index is 2.44. The molecular formula is C28H29NS2. The zero-order chi connectivity index (χ0) is 21.7. The summed E-state index contributed by atoms with van der Waals surface area (Å²) in [5, 5.41) is 2.73. The second-order valence-electron chi connectivity index (χ2n) is 9.16. The van der Waals surface area contributed by atoms with Crippen molar-refractivity contribution >= 4 is 44.9 Å². The average Bonchev–Trinajstić information content (AvgIpc) is 3.17. The van der Waals surface area contributed by atoms with Gasteiger partial charge in [0.25, 0.3) is 0 Å². The van der Waals surface area contributed by atoms with E-state index in [1.54, 1.807) is 0 Å². The zero-order valence-corrected chi connectivity index (χ0v) is 20.6. The summed E-state index contributed by atoms with van der Waals surface area (Å²) in [5.41, 5.74) is 8.29. The highest BCUT2D eigenvalue weighted by molar-refractivity contribution is 8.03. The normalized spacial score (nSPS) is 21.3. The largest absolute Gasteiger partial charge is 0.338 e. The van der Waals surface area contributed by atoms with Gasteiger partial charge in [-0.2, -0.15) is 0 Å². The molecule has 1 unspecified atom stereocenters. The molecule has 3 heteroatoms. The van der Waals surface area contributed by atoms with Gasteiger partial charge in [0, 0.05) is 21.5 Å². The monoisotopic (exact) mass is 443 g/mol. The van der Waals surface area contributed by atoms with E-state index in [1.165, 1.54) is 58.4 Å². The number of fused-ring (bicyclic) bond motifs is 2. The van der Waals surface area contributed by atoms with Crippen LogP contribution in [0.3, 0.4) is 0 Å². The van der Waals surface area contributed by atoms with Crippen molar-refractivity contribution in [2.24, 2.45) is 5.92 Å². The van der Waals surface area contributed by atoms with Gasteiger partial charge in [0.05, 0.1) is 10.7 Å². The summed E-state index contributed by atoms with van der Waals surface area (Å²) in [4.78, 5) is 5.11. The lowest BCUT2D eigenvalue weighted by atomic mass is 9.86. The first-order valence-corrected chi connectivity index (χ1v) is 12.7. The van der Waals surface area contributed by atoms with E-state index in [9.17, 15) is 0 Å². The minimum Gasteiger partial charge on any atom is -0.338 e. The number of nitrogens with zero attached hydrogens (tertiary/aromatic N) is 1. The van der Waals surface area contributed by atoms with Crippen molar-refractivity contribution in [1.29, 1.82) is 0 Å². The zero-order valence-electron chi connectivity index (χ0n) is 19.0. The summed E-state index contributed by atoms with van der Waals surface area (Å²) >= 11 is 3.82. The minimum absolute atomic E-state index is 0.668. The standard InChI is InChI=1S/C28H29NS2/c1-17-6-8-23-20(4)25(30-26(23)12-17)15-21-10-19(3)11-22(14-21)16-28-29(5)24-9-7-18(2)13-27(24)31-28/h6-9,12-16,19H,10-11H2,1-5H3/b21-15+,28-16-. The second-order valence-corrected chi connectivity index (χ2v) is 11.3. The highest BCUT2D eigenvalue weighted by atomic mass is 32.2. The number of hydrogen-bond donors (Lipinski definition) is 0. The van der Waals surface area contributed by atoms with Gasteiger partial charge in [-0.3, -0.25) is 0 Å². The molecule has 5 rings (SSSR count). The molecule has 0 amide bonds. The van der Waals surface area contributed by atoms with Crippen molar-refractivity contribution in [2.75, 3.05) is 11.9 Å². The molecule has 158 valence electrons. The third-order valence-electron chi connectivity index (χ3n) is 6.32. The van der Waals surface area contributed by atoms with Gasteiger partial charge in [-0.25, -0.2) is 0 Å². The molecule has 1 aliphatic heterocycles. The van der Waals surface area contributed by atoms with Crippen LogP contribution in [-0.2, 0) is 0 Å². The molecule has 1 atom stereocenters. The number of rotatable bonds is 2. The predicted octanol–water partition coefficient (Wildman–Crippen LogP) is 8.65. The number of thiophene rings is 1. The van der Waals surface area contributed by atoms with Crippen LogP contribution in [0.15, 0.2) is 69.6 Å². The van der Waals surface area contributed by atoms with E-state index < -0.39 is 0 Å². The molecule has 0 spiro atoms. The van der Waals surface area contributed by atoms with Gasteiger partial charge in [0.2, 0.25) is 0 Å². The van der Waals surface area contributed by atoms with Crippen LogP contribution in [0.5, 0.6) is 0 Å². The van der Waals surface area contributed by atoms with Gasteiger partial charge < -0.3 is 4.90 Å². The Kier molecular flexibility index (Phi) is 5.35. The molecule has 0 fully saturated rings. The quantitative estimate of drug-likeness (QED) is 0.390. The van der Waals surface area contributed by atoms with Crippen molar-refractivity contribution in [3.8, 4) is 0 Å². The number of anilines is 1. The van der Waals surface area contributed by atoms with E-state index in [0.29, 0.717) is 5.92 Å². The van der Waals surface area contributed by atoms with Crippen LogP contribution in [0.2, 0.25) is 0 Å². The number of aryl methyl sites for hydroxylation is 3. The molecule has 1 aromatic heterocycles. The fourth-order valence-corrected chi connectivity index (χ4v) is 7.17. The Morgan fingerprint density at radius 3 is 2.58 bits per heavy atom. The molecule has 0 bridgehead atoms. The molecular weight excluding hydrogens is 414 g/mol. The Balaban J connectivity index is 1.48. The molecule has 1 nitrogen and oxygen atoms in total. The van der Waals surface area contributed by atoms with Crippen LogP contribution in [0.4, 0.5) is 5.69 Å². The third kappa shape index (κ3) is 4.02. The summed E-state index contributed by atoms with van der Waals surface area (Å²) < 4.78 is 1.40. The average molecular weight is 444 g/mol. The Labute approximate surface area is 194 Å². The summed E-state index contributed by atoms with van der Waals surface area (Å²) in [6.07, 6.45) is 9.58. The Bertz CT molecular complexity index is 1270. The van der Waals surface area contributed by atoms with E-state index >= 15 is 0 Å². The van der Waals surface area contributed by atoms with Crippen LogP contribution in [0, 0.1) is 26.7 Å². The highest BCUT2D eigenvalue weighted by Gasteiger charge is 2.23. The predicted molar refractivity (Wildman–Crippen MR) is 139 cm³/mol. The topological polar surface area (TPSA) is 3.24 Å². The lowest BCUT2D eigenvalue weighted by molar-refractivity contribution is 0.567. The molecule has 2 heterocycles. The fourth-order valence-electron chi connectivity index (χ4n) is 4.66. The molecule has 1 aliphatic carbocycles. The minimum atomic E-state index is 0.668. The van der Waals surface area contributed by atoms with Gasteiger partial charge in [0.1, 0.15) is 0 Å². The Hall–Kier alpha value is -2.23. The summed E-state index contributed by atoms with van der Waals surface area (Å²) in [5.74, 6) is 0.668. The number of benzene rings is 2. The van der Waals surface area contributed by atoms with Crippen molar-refractivity contribution < 1.29 is 0 Å². The number of thioether (sulfide) groups is 1. The highest BCUT2D eigenvalue weighted by Crippen LogP contribution is 2.46. The first-order chi connectivity index (χ1) is 14.9. The Morgan fingerprint density at radius 1 is 0.968 bits per heavy atom. The van der Waals surface area contributed by atoms with Crippen molar-refractivity contribution in [2.45, 2.75) is 45.4 Å². The first kappa shape index (κ1) is 20.7. The van der Waals surface area contributed by atoms with E-state index in [0.717, 1.165) is 12.8 Å². The van der Waals surface area contributed by atoms with Crippen LogP contribution in [-0.4, -0.2) is 7.05 Å². The smallest absolute Gasteiger partial charge is 0.0801 e. The van der Waals surface area contributed by atoms with Crippen LogP contribution < -0.4 is 4.90 Å². The third-order valence-corrected chi connectivity index (χ3v) is 8.67. The summed E-state index contributed by atoms with van der Waals surface area (Å²) in [7, 11) is 2.19. The van der Waals surface area contributed by atoms with Gasteiger partial charge in [-0.05, 0) is 103 Å². The maximum absolute atomic E-state index is 2.44. The summed E-state index contributed by atoms with van der Waals surface area (Å²) in [6, 6.07) is 13.6. The maximum Gasteiger partial charge on any atom is 0.0801 e. The second kappa shape index (κ2) is 8.03. The van der Waals surface area contributed by atoms with E-state index in [4.69, 9.17) is 0 Å². The number of hydrogen-bond acceptors (Lipinski definition) is 3. The van der Waals surface area contributed by atoms with Crippen molar-refractivity contribution in [3.05, 3.63) is 86.3 Å². The van der Waals surface area contributed by atoms with E-state index in [1.807, 2.05) is 23.1 Å². The van der Waals surface area contributed by atoms with E-state index in [2.05, 4.69) is 94.3 Å². The molecule has 0 saturated carbocycles. The summed E-state index contributed by atoms with van der Waals surface area (Å²) in [6.45, 7) is 8.99. The number of allylic oxidation sites excluding steroid dienone is 4. The molecule has 0 N–H and O–H groups in total. The Morgan fingerprint density at radius 2 is 1.74 bits per heavy atom. The lowest BCUT2D eigenvalue weighted by Gasteiger charge is -2.21. The van der Waals surface area contributed by atoms with E-state index in [-0.39, 0.29) is 0 Å².